The van der Waals surface area contributed by atoms with Crippen molar-refractivity contribution in [2.75, 3.05) is 26.2 Å². The lowest BCUT2D eigenvalue weighted by Gasteiger charge is -2.44. The molecule has 4 heterocycles. The Kier molecular flexibility index (Phi) is 15.6. The Morgan fingerprint density at radius 2 is 1.53 bits per heavy atom. The van der Waals surface area contributed by atoms with Gasteiger partial charge in [0.1, 0.15) is 28.3 Å². The lowest BCUT2D eigenvalue weighted by Crippen LogP contribution is -2.52. The summed E-state index contributed by atoms with van der Waals surface area (Å²) in [5.41, 5.74) is 0.939. The quantitative estimate of drug-likeness (QED) is 0.0490. The van der Waals surface area contributed by atoms with Crippen molar-refractivity contribution in [2.45, 2.75) is 68.0 Å². The van der Waals surface area contributed by atoms with Crippen LogP contribution < -0.4 is 18.9 Å². The van der Waals surface area contributed by atoms with Gasteiger partial charge in [-0.05, 0) is 98.1 Å². The summed E-state index contributed by atoms with van der Waals surface area (Å²) in [5, 5.41) is 19.1. The van der Waals surface area contributed by atoms with Crippen LogP contribution in [-0.4, -0.2) is 81.5 Å². The van der Waals surface area contributed by atoms with Gasteiger partial charge in [0.15, 0.2) is 23.9 Å². The number of benzene rings is 3. The molecule has 1 saturated carbocycles. The number of sulfonamides is 1. The van der Waals surface area contributed by atoms with E-state index in [-0.39, 0.29) is 68.5 Å². The van der Waals surface area contributed by atoms with Gasteiger partial charge in [-0.1, -0.05) is 59.6 Å². The molecule has 4 aromatic rings. The normalized spacial score (nSPS) is 19.2. The second kappa shape index (κ2) is 20.7. The number of carbonyl (C=O) groups is 3. The predicted molar refractivity (Wildman–Crippen MR) is 217 cm³/mol. The molecule has 0 spiro atoms. The largest absolute Gasteiger partial charge is 0.619 e. The molecule has 0 amide bonds. The van der Waals surface area contributed by atoms with Crippen LogP contribution in [0.4, 0.5) is 22.0 Å². The average molecular weight is 961 g/mol. The molecule has 344 valence electrons. The molecule has 0 radical (unpaired) electrons. The fraction of sp³-hybridized carbons (Fsp3) is 0.381. The van der Waals surface area contributed by atoms with E-state index in [1.165, 1.54) is 42.5 Å². The molecule has 14 nitrogen and oxygen atoms in total. The van der Waals surface area contributed by atoms with Gasteiger partial charge in [-0.3, -0.25) is 4.90 Å². The molecule has 3 aromatic carbocycles. The number of carboxylic acid groups (broad SMARTS) is 1. The SMILES string of the molecule is O=C(O)C(F)(F)F.O=C(OC(Cc1c(Cl)c[n+]([O-])cc1Cl)c1ccc(OC(F)F)c(OCC2CC2)c1)c1ccc(S(=O)(=O)NC(C(=O)O[C@H]2CN3CCC2CC3)c2ccccc2)cc1. The van der Waals surface area contributed by atoms with E-state index in [0.29, 0.717) is 22.4 Å². The van der Waals surface area contributed by atoms with Crippen molar-refractivity contribution >= 4 is 51.1 Å². The molecule has 64 heavy (non-hydrogen) atoms. The Balaban J connectivity index is 0.000000898. The molecule has 1 aromatic heterocycles. The summed E-state index contributed by atoms with van der Waals surface area (Å²) in [6.07, 6.45) is -0.876. The van der Waals surface area contributed by atoms with Crippen molar-refractivity contribution in [1.82, 2.24) is 9.62 Å². The van der Waals surface area contributed by atoms with Crippen LogP contribution in [0.3, 0.4) is 0 Å². The van der Waals surface area contributed by atoms with Gasteiger partial charge in [-0.2, -0.15) is 31.4 Å². The number of aliphatic carboxylic acids is 1. The van der Waals surface area contributed by atoms with Gasteiger partial charge in [0.25, 0.3) is 0 Å². The van der Waals surface area contributed by atoms with Crippen molar-refractivity contribution in [1.29, 1.82) is 0 Å². The minimum atomic E-state index is -5.08. The Hall–Kier alpha value is -5.28. The van der Waals surface area contributed by atoms with Gasteiger partial charge < -0.3 is 29.3 Å². The molecule has 4 aliphatic rings. The standard InChI is InChI=1S/C40H39Cl2F2N3O9S.C2HF3O2/c41-31-20-47(50)21-32(42)30(31)19-34(28-10-13-33(56-40(43)44)35(18-28)53-23-24-6-7-24)54-38(48)27-8-11-29(12-9-27)57(51,52)45-37(26-4-2-1-3-5-26)39(49)55-36-22-46-16-14-25(36)15-17-46;3-2(4,5)1(6)7/h1-5,8-13,18,20-21,24-25,34,36-37,40,45H,6-7,14-17,19,22-23H2;(H,6,7)/t34?,36-,37?;/m0./s1. The molecule has 3 aliphatic heterocycles. The lowest BCUT2D eigenvalue weighted by molar-refractivity contribution is -0.605. The molecular weight excluding hydrogens is 920 g/mol. The first kappa shape index (κ1) is 48.2. The van der Waals surface area contributed by atoms with E-state index in [4.69, 9.17) is 47.3 Å². The number of aromatic nitrogens is 1. The van der Waals surface area contributed by atoms with E-state index in [0.717, 1.165) is 51.2 Å². The molecule has 2 unspecified atom stereocenters. The smallest absolute Gasteiger partial charge is 0.490 e. The molecule has 1 aliphatic carbocycles. The average Bonchev–Trinajstić information content (AvgIpc) is 4.08. The van der Waals surface area contributed by atoms with Crippen LogP contribution in [0.5, 0.6) is 11.5 Å². The Labute approximate surface area is 373 Å². The van der Waals surface area contributed by atoms with E-state index in [1.807, 2.05) is 0 Å². The van der Waals surface area contributed by atoms with E-state index in [2.05, 4.69) is 14.4 Å². The van der Waals surface area contributed by atoms with Crippen molar-refractivity contribution < 1.29 is 73.5 Å². The maximum atomic E-state index is 13.7. The van der Waals surface area contributed by atoms with Crippen LogP contribution in [0.1, 0.15) is 64.9 Å². The second-order valence-electron chi connectivity index (χ2n) is 15.1. The highest BCUT2D eigenvalue weighted by atomic mass is 35.5. The fourth-order valence-corrected chi connectivity index (χ4v) is 8.78. The first-order valence-electron chi connectivity index (χ1n) is 19.7. The number of nitrogens with zero attached hydrogens (tertiary/aromatic N) is 2. The minimum Gasteiger partial charge on any atom is -0.619 e. The number of esters is 2. The van der Waals surface area contributed by atoms with Gasteiger partial charge in [0, 0.05) is 18.5 Å². The summed E-state index contributed by atoms with van der Waals surface area (Å²) < 4.78 is 111. The minimum absolute atomic E-state index is 0.00639. The van der Waals surface area contributed by atoms with Gasteiger partial charge in [0.05, 0.1) is 17.1 Å². The number of piperidine rings is 3. The highest BCUT2D eigenvalue weighted by Crippen LogP contribution is 2.38. The summed E-state index contributed by atoms with van der Waals surface area (Å²) >= 11 is 12.8. The van der Waals surface area contributed by atoms with E-state index in [1.54, 1.807) is 30.3 Å². The molecular formula is C42H40Cl2F5N3O11S. The number of ether oxygens (including phenoxy) is 4. The number of halogens is 7. The Morgan fingerprint density at radius 1 is 0.906 bits per heavy atom. The number of carboxylic acids is 1. The summed E-state index contributed by atoms with van der Waals surface area (Å²) in [6, 6.07) is 16.1. The van der Waals surface area contributed by atoms with Crippen LogP contribution in [0.15, 0.2) is 90.1 Å². The third-order valence-corrected chi connectivity index (χ3v) is 12.7. The molecule has 3 atom stereocenters. The van der Waals surface area contributed by atoms with Gasteiger partial charge in [0.2, 0.25) is 10.0 Å². The predicted octanol–water partition coefficient (Wildman–Crippen LogP) is 7.45. The monoisotopic (exact) mass is 959 g/mol. The van der Waals surface area contributed by atoms with Crippen molar-refractivity contribution in [3.8, 4) is 11.5 Å². The van der Waals surface area contributed by atoms with E-state index in [9.17, 15) is 45.2 Å². The zero-order valence-corrected chi connectivity index (χ0v) is 35.7. The van der Waals surface area contributed by atoms with Crippen molar-refractivity contribution in [2.24, 2.45) is 11.8 Å². The second-order valence-corrected chi connectivity index (χ2v) is 17.7. The van der Waals surface area contributed by atoms with Crippen LogP contribution in [-0.2, 0) is 35.5 Å². The third kappa shape index (κ3) is 12.9. The topological polar surface area (TPSA) is 185 Å². The number of pyridine rings is 1. The number of fused-ring (bicyclic) bond motifs is 3. The third-order valence-electron chi connectivity index (χ3n) is 10.6. The number of hydrogen-bond acceptors (Lipinski definition) is 11. The van der Waals surface area contributed by atoms with Crippen LogP contribution in [0, 0.1) is 17.0 Å². The number of alkyl halides is 5. The zero-order valence-electron chi connectivity index (χ0n) is 33.4. The van der Waals surface area contributed by atoms with Crippen molar-refractivity contribution in [3.63, 3.8) is 0 Å². The maximum absolute atomic E-state index is 13.7. The molecule has 22 heteroatoms. The number of rotatable bonds is 16. The van der Waals surface area contributed by atoms with Crippen LogP contribution in [0.2, 0.25) is 10.0 Å². The van der Waals surface area contributed by atoms with E-state index >= 15 is 0 Å². The lowest BCUT2D eigenvalue weighted by atomic mass is 9.86. The fourth-order valence-electron chi connectivity index (χ4n) is 7.01. The summed E-state index contributed by atoms with van der Waals surface area (Å²) in [4.78, 5) is 38.2. The van der Waals surface area contributed by atoms with E-state index < -0.39 is 52.9 Å². The molecule has 2 bridgehead atoms. The van der Waals surface area contributed by atoms with Gasteiger partial charge >= 0.3 is 30.7 Å². The Bertz CT molecular complexity index is 2380. The number of carbonyl (C=O) groups excluding carboxylic acids is 2. The van der Waals surface area contributed by atoms with Crippen molar-refractivity contribution in [3.05, 3.63) is 123 Å². The summed E-state index contributed by atoms with van der Waals surface area (Å²) in [5.74, 6) is -4.07. The van der Waals surface area contributed by atoms with Crippen LogP contribution >= 0.6 is 23.2 Å². The van der Waals surface area contributed by atoms with Gasteiger partial charge in [-0.25, -0.2) is 22.8 Å². The first-order chi connectivity index (χ1) is 30.3. The first-order valence-corrected chi connectivity index (χ1v) is 21.9. The van der Waals surface area contributed by atoms with Gasteiger partial charge in [-0.15, -0.1) is 0 Å². The highest BCUT2D eigenvalue weighted by Gasteiger charge is 2.40. The van der Waals surface area contributed by atoms with Crippen LogP contribution in [0.25, 0.3) is 0 Å². The maximum Gasteiger partial charge on any atom is 0.490 e. The molecule has 4 fully saturated rings. The summed E-state index contributed by atoms with van der Waals surface area (Å²) in [7, 11) is -4.34. The highest BCUT2D eigenvalue weighted by molar-refractivity contribution is 7.89. The zero-order chi connectivity index (χ0) is 46.3. The number of nitrogens with one attached hydrogen (secondary N) is 1. The molecule has 8 rings (SSSR count). The number of hydrogen-bond donors (Lipinski definition) is 2. The molecule has 2 N–H and O–H groups in total. The molecule has 3 saturated heterocycles. The summed E-state index contributed by atoms with van der Waals surface area (Å²) in [6.45, 7) is -0.368. The Morgan fingerprint density at radius 3 is 2.08 bits per heavy atom.